The van der Waals surface area contributed by atoms with Crippen molar-refractivity contribution in [3.63, 3.8) is 0 Å². The van der Waals surface area contributed by atoms with Gasteiger partial charge in [0.05, 0.1) is 7.11 Å². The molecule has 1 saturated heterocycles. The first kappa shape index (κ1) is 15.3. The number of nitrogens with zero attached hydrogens (tertiary/aromatic N) is 1. The summed E-state index contributed by atoms with van der Waals surface area (Å²) in [7, 11) is 1.48. The largest absolute Gasteiger partial charge is 0.494 e. The maximum absolute atomic E-state index is 13.6. The second-order valence-electron chi connectivity index (χ2n) is 5.61. The molecule has 2 rings (SSSR count). The topological polar surface area (TPSA) is 24.5 Å². The van der Waals surface area contributed by atoms with Gasteiger partial charge < -0.3 is 15.0 Å². The zero-order valence-electron chi connectivity index (χ0n) is 12.5. The lowest BCUT2D eigenvalue weighted by atomic mass is 10.1. The molecule has 0 spiro atoms. The molecule has 20 heavy (non-hydrogen) atoms. The van der Waals surface area contributed by atoms with Crippen molar-refractivity contribution < 1.29 is 9.13 Å². The van der Waals surface area contributed by atoms with E-state index in [0.29, 0.717) is 18.3 Å². The minimum absolute atomic E-state index is 0.296. The zero-order chi connectivity index (χ0) is 14.4. The highest BCUT2D eigenvalue weighted by atomic mass is 19.1. The van der Waals surface area contributed by atoms with Gasteiger partial charge in [0.2, 0.25) is 0 Å². The summed E-state index contributed by atoms with van der Waals surface area (Å²) >= 11 is 0. The van der Waals surface area contributed by atoms with Gasteiger partial charge in [-0.1, -0.05) is 12.5 Å². The number of likely N-dealkylation sites (tertiary alicyclic amines) is 1. The Kier molecular flexibility index (Phi) is 5.80. The van der Waals surface area contributed by atoms with Crippen LogP contribution in [0.25, 0.3) is 0 Å². The molecule has 112 valence electrons. The first-order valence-corrected chi connectivity index (χ1v) is 7.47. The minimum Gasteiger partial charge on any atom is -0.494 e. The highest BCUT2D eigenvalue weighted by Gasteiger charge is 2.13. The smallest absolute Gasteiger partial charge is 0.165 e. The van der Waals surface area contributed by atoms with Gasteiger partial charge in [-0.15, -0.1) is 0 Å². The van der Waals surface area contributed by atoms with Gasteiger partial charge in [0.15, 0.2) is 11.6 Å². The van der Waals surface area contributed by atoms with Crippen LogP contribution in [0.1, 0.15) is 31.7 Å². The second kappa shape index (κ2) is 7.60. The molecular weight excluding hydrogens is 255 g/mol. The highest BCUT2D eigenvalue weighted by Crippen LogP contribution is 2.17. The Morgan fingerprint density at radius 3 is 2.70 bits per heavy atom. The van der Waals surface area contributed by atoms with Crippen molar-refractivity contribution in [2.45, 2.75) is 38.8 Å². The normalized spacial score (nSPS) is 17.9. The van der Waals surface area contributed by atoms with Gasteiger partial charge in [0.1, 0.15) is 0 Å². The average molecular weight is 280 g/mol. The van der Waals surface area contributed by atoms with E-state index >= 15 is 0 Å². The maximum Gasteiger partial charge on any atom is 0.165 e. The van der Waals surface area contributed by atoms with E-state index in [-0.39, 0.29) is 5.82 Å². The van der Waals surface area contributed by atoms with Crippen molar-refractivity contribution in [3.05, 3.63) is 29.6 Å². The summed E-state index contributed by atoms with van der Waals surface area (Å²) in [4.78, 5) is 2.51. The van der Waals surface area contributed by atoms with E-state index in [4.69, 9.17) is 4.74 Å². The lowest BCUT2D eigenvalue weighted by Gasteiger charge is -2.29. The molecule has 1 unspecified atom stereocenters. The first-order chi connectivity index (χ1) is 9.69. The summed E-state index contributed by atoms with van der Waals surface area (Å²) in [6.45, 7) is 6.37. The third-order valence-corrected chi connectivity index (χ3v) is 3.85. The van der Waals surface area contributed by atoms with Crippen LogP contribution in [0, 0.1) is 5.82 Å². The van der Waals surface area contributed by atoms with Crippen LogP contribution in [0.3, 0.4) is 0 Å². The molecule has 1 aromatic rings. The van der Waals surface area contributed by atoms with Crippen LogP contribution >= 0.6 is 0 Å². The third kappa shape index (κ3) is 4.46. The van der Waals surface area contributed by atoms with Crippen LogP contribution < -0.4 is 10.1 Å². The van der Waals surface area contributed by atoms with Gasteiger partial charge >= 0.3 is 0 Å². The predicted molar refractivity (Wildman–Crippen MR) is 79.5 cm³/mol. The molecular formula is C16H25FN2O. The first-order valence-electron chi connectivity index (χ1n) is 7.47. The van der Waals surface area contributed by atoms with Crippen molar-refractivity contribution in [2.24, 2.45) is 0 Å². The fourth-order valence-electron chi connectivity index (χ4n) is 2.71. The number of ether oxygens (including phenoxy) is 1. The molecule has 1 N–H and O–H groups in total. The Morgan fingerprint density at radius 1 is 1.30 bits per heavy atom. The minimum atomic E-state index is -0.296. The number of benzene rings is 1. The molecule has 0 bridgehead atoms. The summed E-state index contributed by atoms with van der Waals surface area (Å²) in [5.41, 5.74) is 0.953. The number of hydrogen-bond donors (Lipinski definition) is 1. The van der Waals surface area contributed by atoms with Crippen LogP contribution in [-0.2, 0) is 6.54 Å². The van der Waals surface area contributed by atoms with Gasteiger partial charge in [0, 0.05) is 19.1 Å². The van der Waals surface area contributed by atoms with E-state index in [0.717, 1.165) is 12.1 Å². The zero-order valence-corrected chi connectivity index (χ0v) is 12.5. The molecule has 0 saturated carbocycles. The summed E-state index contributed by atoms with van der Waals surface area (Å²) < 4.78 is 18.5. The summed E-state index contributed by atoms with van der Waals surface area (Å²) in [5.74, 6) is 0.00518. The monoisotopic (exact) mass is 280 g/mol. The standard InChI is InChI=1S/C16H25FN2O/c1-13(12-19-8-4-3-5-9-19)18-11-14-6-7-16(20-2)15(17)10-14/h6-7,10,13,18H,3-5,8-9,11-12H2,1-2H3. The van der Waals surface area contributed by atoms with Crippen molar-refractivity contribution in [1.29, 1.82) is 0 Å². The van der Waals surface area contributed by atoms with Crippen LogP contribution in [0.5, 0.6) is 5.75 Å². The SMILES string of the molecule is COc1ccc(CNC(C)CN2CCCCC2)cc1F. The molecule has 4 heteroatoms. The molecule has 3 nitrogen and oxygen atoms in total. The molecule has 0 aliphatic carbocycles. The number of piperidine rings is 1. The van der Waals surface area contributed by atoms with Crippen LogP contribution in [0.15, 0.2) is 18.2 Å². The van der Waals surface area contributed by atoms with Crippen molar-refractivity contribution in [1.82, 2.24) is 10.2 Å². The number of rotatable bonds is 6. The van der Waals surface area contributed by atoms with E-state index in [1.165, 1.54) is 39.5 Å². The molecule has 1 aliphatic rings. The Labute approximate surface area is 121 Å². The fourth-order valence-corrected chi connectivity index (χ4v) is 2.71. The van der Waals surface area contributed by atoms with Gasteiger partial charge in [-0.25, -0.2) is 4.39 Å². The molecule has 0 radical (unpaired) electrons. The van der Waals surface area contributed by atoms with Gasteiger partial charge in [0.25, 0.3) is 0 Å². The van der Waals surface area contributed by atoms with Crippen molar-refractivity contribution >= 4 is 0 Å². The van der Waals surface area contributed by atoms with Gasteiger partial charge in [-0.05, 0) is 50.6 Å². The summed E-state index contributed by atoms with van der Waals surface area (Å²) in [5, 5.41) is 3.46. The number of methoxy groups -OCH3 is 1. The van der Waals surface area contributed by atoms with E-state index < -0.39 is 0 Å². The van der Waals surface area contributed by atoms with E-state index in [9.17, 15) is 4.39 Å². The number of halogens is 1. The Morgan fingerprint density at radius 2 is 2.05 bits per heavy atom. The molecule has 1 heterocycles. The lowest BCUT2D eigenvalue weighted by Crippen LogP contribution is -2.41. The number of hydrogen-bond acceptors (Lipinski definition) is 3. The Hall–Kier alpha value is -1.13. The van der Waals surface area contributed by atoms with Crippen LogP contribution in [-0.4, -0.2) is 37.7 Å². The maximum atomic E-state index is 13.6. The second-order valence-corrected chi connectivity index (χ2v) is 5.61. The quantitative estimate of drug-likeness (QED) is 0.867. The molecule has 0 aromatic heterocycles. The summed E-state index contributed by atoms with van der Waals surface area (Å²) in [6, 6.07) is 5.54. The predicted octanol–water partition coefficient (Wildman–Crippen LogP) is 2.80. The van der Waals surface area contributed by atoms with E-state index in [2.05, 4.69) is 17.1 Å². The molecule has 1 aliphatic heterocycles. The molecule has 1 atom stereocenters. The Bertz CT molecular complexity index is 419. The number of nitrogens with one attached hydrogen (secondary N) is 1. The van der Waals surface area contributed by atoms with Crippen LogP contribution in [0.4, 0.5) is 4.39 Å². The Balaban J connectivity index is 1.77. The van der Waals surface area contributed by atoms with E-state index in [1.807, 2.05) is 6.07 Å². The fraction of sp³-hybridized carbons (Fsp3) is 0.625. The average Bonchev–Trinajstić information content (AvgIpc) is 2.46. The highest BCUT2D eigenvalue weighted by molar-refractivity contribution is 5.29. The van der Waals surface area contributed by atoms with Crippen LogP contribution in [0.2, 0.25) is 0 Å². The van der Waals surface area contributed by atoms with Crippen molar-refractivity contribution in [3.8, 4) is 5.75 Å². The molecule has 1 aromatic carbocycles. The third-order valence-electron chi connectivity index (χ3n) is 3.85. The lowest BCUT2D eigenvalue weighted by molar-refractivity contribution is 0.209. The summed E-state index contributed by atoms with van der Waals surface area (Å²) in [6.07, 6.45) is 4.00. The van der Waals surface area contributed by atoms with Gasteiger partial charge in [-0.2, -0.15) is 0 Å². The van der Waals surface area contributed by atoms with Crippen molar-refractivity contribution in [2.75, 3.05) is 26.7 Å². The molecule has 0 amide bonds. The van der Waals surface area contributed by atoms with Gasteiger partial charge in [-0.3, -0.25) is 0 Å². The molecule has 1 fully saturated rings. The van der Waals surface area contributed by atoms with E-state index in [1.54, 1.807) is 12.1 Å².